The molecular weight excluding hydrogens is 231 g/mol. The molecule has 0 saturated heterocycles. The van der Waals surface area contributed by atoms with Crippen molar-refractivity contribution in [1.82, 2.24) is 4.98 Å². The highest BCUT2D eigenvalue weighted by Crippen LogP contribution is 2.25. The van der Waals surface area contributed by atoms with Gasteiger partial charge in [0.1, 0.15) is 5.75 Å². The van der Waals surface area contributed by atoms with Crippen LogP contribution in [0.3, 0.4) is 0 Å². The smallest absolute Gasteiger partial charge is 0.168 e. The van der Waals surface area contributed by atoms with Crippen LogP contribution in [0.5, 0.6) is 11.5 Å². The third-order valence-corrected chi connectivity index (χ3v) is 2.61. The average molecular weight is 246 g/mol. The molecular formula is C14H15FN2O. The van der Waals surface area contributed by atoms with Crippen molar-refractivity contribution in [2.45, 2.75) is 19.9 Å². The van der Waals surface area contributed by atoms with Crippen LogP contribution in [-0.2, 0) is 0 Å². The van der Waals surface area contributed by atoms with Crippen LogP contribution in [0.2, 0.25) is 0 Å². The maximum atomic E-state index is 13.7. The van der Waals surface area contributed by atoms with E-state index in [0.717, 1.165) is 5.69 Å². The van der Waals surface area contributed by atoms with Crippen LogP contribution in [0.15, 0.2) is 36.5 Å². The SMILES string of the molecule is Cc1cccc(Oc2ccc([C@@H](C)N)nc2)c1F. The number of pyridine rings is 1. The summed E-state index contributed by atoms with van der Waals surface area (Å²) in [5.41, 5.74) is 7.02. The summed E-state index contributed by atoms with van der Waals surface area (Å²) in [5, 5.41) is 0. The first-order valence-electron chi connectivity index (χ1n) is 5.72. The van der Waals surface area contributed by atoms with Gasteiger partial charge in [-0.2, -0.15) is 0 Å². The molecule has 1 heterocycles. The Labute approximate surface area is 105 Å². The largest absolute Gasteiger partial charge is 0.453 e. The predicted molar refractivity (Wildman–Crippen MR) is 68.1 cm³/mol. The number of nitrogens with zero attached hydrogens (tertiary/aromatic N) is 1. The first kappa shape index (κ1) is 12.5. The fourth-order valence-electron chi connectivity index (χ4n) is 1.55. The number of aryl methyl sites for hydroxylation is 1. The Morgan fingerprint density at radius 2 is 2.06 bits per heavy atom. The highest BCUT2D eigenvalue weighted by atomic mass is 19.1. The monoisotopic (exact) mass is 246 g/mol. The molecule has 0 aliphatic carbocycles. The molecule has 4 heteroatoms. The van der Waals surface area contributed by atoms with E-state index < -0.39 is 0 Å². The van der Waals surface area contributed by atoms with Gasteiger partial charge in [-0.1, -0.05) is 12.1 Å². The third kappa shape index (κ3) is 2.65. The Morgan fingerprint density at radius 1 is 1.28 bits per heavy atom. The van der Waals surface area contributed by atoms with Crippen molar-refractivity contribution < 1.29 is 9.13 Å². The van der Waals surface area contributed by atoms with E-state index >= 15 is 0 Å². The van der Waals surface area contributed by atoms with Crippen LogP contribution in [0.1, 0.15) is 24.2 Å². The van der Waals surface area contributed by atoms with Gasteiger partial charge in [-0.25, -0.2) is 4.39 Å². The zero-order chi connectivity index (χ0) is 13.1. The van der Waals surface area contributed by atoms with Gasteiger partial charge in [0.15, 0.2) is 11.6 Å². The molecule has 0 unspecified atom stereocenters. The van der Waals surface area contributed by atoms with Crippen LogP contribution < -0.4 is 10.5 Å². The lowest BCUT2D eigenvalue weighted by Crippen LogP contribution is -2.06. The molecule has 0 bridgehead atoms. The van der Waals surface area contributed by atoms with Crippen LogP contribution >= 0.6 is 0 Å². The standard InChI is InChI=1S/C14H15FN2O/c1-9-4-3-5-13(14(9)15)18-11-6-7-12(10(2)16)17-8-11/h3-8,10H,16H2,1-2H3/t10-/m1/s1. The van der Waals surface area contributed by atoms with Crippen LogP contribution in [0, 0.1) is 12.7 Å². The number of aromatic nitrogens is 1. The highest BCUT2D eigenvalue weighted by molar-refractivity contribution is 5.34. The molecule has 3 nitrogen and oxygen atoms in total. The van der Waals surface area contributed by atoms with E-state index in [1.54, 1.807) is 43.5 Å². The van der Waals surface area contributed by atoms with E-state index in [2.05, 4.69) is 4.98 Å². The minimum absolute atomic E-state index is 0.130. The highest BCUT2D eigenvalue weighted by Gasteiger charge is 2.07. The van der Waals surface area contributed by atoms with E-state index in [-0.39, 0.29) is 17.6 Å². The first-order valence-corrected chi connectivity index (χ1v) is 5.72. The molecule has 2 rings (SSSR count). The molecule has 0 amide bonds. The Bertz CT molecular complexity index is 538. The van der Waals surface area contributed by atoms with Gasteiger partial charge >= 0.3 is 0 Å². The summed E-state index contributed by atoms with van der Waals surface area (Å²) in [7, 11) is 0. The summed E-state index contributed by atoms with van der Waals surface area (Å²) in [6, 6.07) is 8.40. The number of halogens is 1. The summed E-state index contributed by atoms with van der Waals surface area (Å²) in [4.78, 5) is 4.15. The van der Waals surface area contributed by atoms with Gasteiger partial charge in [0.25, 0.3) is 0 Å². The van der Waals surface area contributed by atoms with Gasteiger partial charge in [-0.3, -0.25) is 4.98 Å². The molecule has 94 valence electrons. The summed E-state index contributed by atoms with van der Waals surface area (Å²) in [5.74, 6) is 0.336. The maximum Gasteiger partial charge on any atom is 0.168 e. The van der Waals surface area contributed by atoms with Crippen molar-refractivity contribution in [2.75, 3.05) is 0 Å². The molecule has 0 aliphatic rings. The van der Waals surface area contributed by atoms with Gasteiger partial charge in [-0.05, 0) is 37.6 Å². The maximum absolute atomic E-state index is 13.7. The number of rotatable bonds is 3. The predicted octanol–water partition coefficient (Wildman–Crippen LogP) is 3.34. The molecule has 0 aliphatic heterocycles. The number of benzene rings is 1. The van der Waals surface area contributed by atoms with Gasteiger partial charge in [0.05, 0.1) is 11.9 Å². The number of nitrogens with two attached hydrogens (primary N) is 1. The van der Waals surface area contributed by atoms with E-state index in [4.69, 9.17) is 10.5 Å². The quantitative estimate of drug-likeness (QED) is 0.903. The normalized spacial score (nSPS) is 12.2. The topological polar surface area (TPSA) is 48.1 Å². The lowest BCUT2D eigenvalue weighted by molar-refractivity contribution is 0.438. The van der Waals surface area contributed by atoms with Crippen LogP contribution in [0.25, 0.3) is 0 Å². The van der Waals surface area contributed by atoms with E-state index in [1.807, 2.05) is 6.92 Å². The lowest BCUT2D eigenvalue weighted by Gasteiger charge is -2.09. The molecule has 18 heavy (non-hydrogen) atoms. The van der Waals surface area contributed by atoms with Crippen LogP contribution in [0.4, 0.5) is 4.39 Å². The van der Waals surface area contributed by atoms with Crippen molar-refractivity contribution >= 4 is 0 Å². The van der Waals surface area contributed by atoms with E-state index in [1.165, 1.54) is 0 Å². The number of hydrogen-bond acceptors (Lipinski definition) is 3. The Kier molecular flexibility index (Phi) is 3.58. The second-order valence-corrected chi connectivity index (χ2v) is 4.20. The molecule has 1 aromatic carbocycles. The Hall–Kier alpha value is -1.94. The second-order valence-electron chi connectivity index (χ2n) is 4.20. The minimum atomic E-state index is -0.353. The fourth-order valence-corrected chi connectivity index (χ4v) is 1.55. The van der Waals surface area contributed by atoms with Gasteiger partial charge < -0.3 is 10.5 Å². The van der Waals surface area contributed by atoms with Crippen molar-refractivity contribution in [3.05, 3.63) is 53.6 Å². The molecule has 2 N–H and O–H groups in total. The Balaban J connectivity index is 2.21. The lowest BCUT2D eigenvalue weighted by atomic mass is 10.2. The van der Waals surface area contributed by atoms with Crippen molar-refractivity contribution in [3.63, 3.8) is 0 Å². The number of ether oxygens (including phenoxy) is 1. The average Bonchev–Trinajstić information content (AvgIpc) is 2.36. The molecule has 2 aromatic rings. The van der Waals surface area contributed by atoms with Crippen molar-refractivity contribution in [1.29, 1.82) is 0 Å². The zero-order valence-corrected chi connectivity index (χ0v) is 10.4. The molecule has 0 spiro atoms. The fraction of sp³-hybridized carbons (Fsp3) is 0.214. The molecule has 0 saturated carbocycles. The summed E-state index contributed by atoms with van der Waals surface area (Å²) in [6.07, 6.45) is 1.54. The van der Waals surface area contributed by atoms with Gasteiger partial charge in [0, 0.05) is 6.04 Å². The second kappa shape index (κ2) is 5.14. The Morgan fingerprint density at radius 3 is 2.67 bits per heavy atom. The van der Waals surface area contributed by atoms with Gasteiger partial charge in [-0.15, -0.1) is 0 Å². The zero-order valence-electron chi connectivity index (χ0n) is 10.4. The van der Waals surface area contributed by atoms with E-state index in [0.29, 0.717) is 11.3 Å². The molecule has 0 radical (unpaired) electrons. The van der Waals surface area contributed by atoms with Crippen LogP contribution in [-0.4, -0.2) is 4.98 Å². The minimum Gasteiger partial charge on any atom is -0.453 e. The summed E-state index contributed by atoms with van der Waals surface area (Å²) < 4.78 is 19.2. The number of hydrogen-bond donors (Lipinski definition) is 1. The van der Waals surface area contributed by atoms with Gasteiger partial charge in [0.2, 0.25) is 0 Å². The summed E-state index contributed by atoms with van der Waals surface area (Å²) in [6.45, 7) is 3.54. The first-order chi connectivity index (χ1) is 8.58. The summed E-state index contributed by atoms with van der Waals surface area (Å²) >= 11 is 0. The van der Waals surface area contributed by atoms with Crippen molar-refractivity contribution in [2.24, 2.45) is 5.73 Å². The molecule has 1 atom stereocenters. The molecule has 0 fully saturated rings. The molecule has 1 aromatic heterocycles. The van der Waals surface area contributed by atoms with Crippen molar-refractivity contribution in [3.8, 4) is 11.5 Å². The third-order valence-electron chi connectivity index (χ3n) is 2.61. The van der Waals surface area contributed by atoms with E-state index in [9.17, 15) is 4.39 Å².